The Bertz CT molecular complexity index is 462. The molecule has 2 heterocycles. The van der Waals surface area contributed by atoms with Crippen molar-refractivity contribution in [3.8, 4) is 0 Å². The molecule has 2 aliphatic carbocycles. The maximum Gasteiger partial charge on any atom is 0.147 e. The van der Waals surface area contributed by atoms with Gasteiger partial charge in [0.25, 0.3) is 0 Å². The Morgan fingerprint density at radius 1 is 1.41 bits per heavy atom. The molecule has 1 spiro atoms. The Labute approximate surface area is 105 Å². The van der Waals surface area contributed by atoms with Gasteiger partial charge in [0, 0.05) is 18.6 Å². The molecule has 90 valence electrons. The Hall–Kier alpha value is -0.870. The second-order valence-corrected chi connectivity index (χ2v) is 6.09. The van der Waals surface area contributed by atoms with Gasteiger partial charge in [0.15, 0.2) is 0 Å². The van der Waals surface area contributed by atoms with E-state index in [0.29, 0.717) is 22.7 Å². The van der Waals surface area contributed by atoms with Crippen LogP contribution in [0.1, 0.15) is 12.8 Å². The second-order valence-electron chi connectivity index (χ2n) is 5.70. The van der Waals surface area contributed by atoms with Crippen LogP contribution in [0.3, 0.4) is 0 Å². The SMILES string of the molecule is CN1CC2CC23CC(Nc2cnc(Cl)cn2)C13. The van der Waals surface area contributed by atoms with E-state index in [1.807, 2.05) is 0 Å². The lowest BCUT2D eigenvalue weighted by molar-refractivity contribution is 0.0978. The number of rotatable bonds is 2. The van der Waals surface area contributed by atoms with E-state index in [9.17, 15) is 0 Å². The molecule has 1 saturated heterocycles. The third-order valence-electron chi connectivity index (χ3n) is 4.79. The minimum absolute atomic E-state index is 0.445. The topological polar surface area (TPSA) is 41.0 Å². The highest BCUT2D eigenvalue weighted by Gasteiger charge is 2.73. The monoisotopic (exact) mass is 250 g/mol. The number of nitrogens with zero attached hydrogens (tertiary/aromatic N) is 3. The summed E-state index contributed by atoms with van der Waals surface area (Å²) in [5, 5.41) is 3.93. The van der Waals surface area contributed by atoms with Crippen molar-refractivity contribution in [2.24, 2.45) is 11.3 Å². The summed E-state index contributed by atoms with van der Waals surface area (Å²) >= 11 is 5.73. The number of piperidine rings is 1. The van der Waals surface area contributed by atoms with Crippen LogP contribution in [0.2, 0.25) is 5.15 Å². The van der Waals surface area contributed by atoms with Crippen LogP contribution >= 0.6 is 11.6 Å². The molecule has 3 fully saturated rings. The molecular formula is C12H15ClN4. The minimum atomic E-state index is 0.445. The maximum atomic E-state index is 5.73. The van der Waals surface area contributed by atoms with E-state index in [1.165, 1.54) is 19.4 Å². The van der Waals surface area contributed by atoms with Gasteiger partial charge >= 0.3 is 0 Å². The van der Waals surface area contributed by atoms with Gasteiger partial charge in [-0.2, -0.15) is 0 Å². The largest absolute Gasteiger partial charge is 0.364 e. The first kappa shape index (κ1) is 10.1. The maximum absolute atomic E-state index is 5.73. The third kappa shape index (κ3) is 1.28. The molecule has 1 aromatic rings. The Kier molecular flexibility index (Phi) is 1.85. The summed E-state index contributed by atoms with van der Waals surface area (Å²) in [5.74, 6) is 1.80. The van der Waals surface area contributed by atoms with Crippen molar-refractivity contribution < 1.29 is 0 Å². The summed E-state index contributed by atoms with van der Waals surface area (Å²) in [7, 11) is 2.24. The fourth-order valence-corrected chi connectivity index (χ4v) is 4.15. The van der Waals surface area contributed by atoms with Crippen LogP contribution in [0.4, 0.5) is 5.82 Å². The summed E-state index contributed by atoms with van der Waals surface area (Å²) in [4.78, 5) is 10.8. The molecule has 0 aromatic carbocycles. The normalized spacial score (nSPS) is 42.6. The predicted molar refractivity (Wildman–Crippen MR) is 66.0 cm³/mol. The first-order chi connectivity index (χ1) is 8.19. The van der Waals surface area contributed by atoms with E-state index in [0.717, 1.165) is 11.7 Å². The van der Waals surface area contributed by atoms with Crippen LogP contribution in [0.15, 0.2) is 12.4 Å². The molecule has 4 unspecified atom stereocenters. The molecule has 3 aliphatic rings. The zero-order chi connectivity index (χ0) is 11.6. The van der Waals surface area contributed by atoms with Gasteiger partial charge in [-0.25, -0.2) is 9.97 Å². The number of hydrogen-bond donors (Lipinski definition) is 1. The summed E-state index contributed by atoms with van der Waals surface area (Å²) in [5.41, 5.74) is 0.659. The molecule has 4 atom stereocenters. The molecule has 17 heavy (non-hydrogen) atoms. The number of aromatic nitrogens is 2. The molecule has 4 nitrogen and oxygen atoms in total. The van der Waals surface area contributed by atoms with E-state index >= 15 is 0 Å². The van der Waals surface area contributed by atoms with Crippen LogP contribution in [0.25, 0.3) is 0 Å². The van der Waals surface area contributed by atoms with E-state index < -0.39 is 0 Å². The van der Waals surface area contributed by atoms with Crippen molar-refractivity contribution in [3.05, 3.63) is 17.5 Å². The first-order valence-corrected chi connectivity index (χ1v) is 6.51. The van der Waals surface area contributed by atoms with Gasteiger partial charge in [0.05, 0.1) is 12.4 Å². The zero-order valence-corrected chi connectivity index (χ0v) is 10.5. The number of nitrogens with one attached hydrogen (secondary N) is 1. The van der Waals surface area contributed by atoms with Gasteiger partial charge in [-0.3, -0.25) is 0 Å². The number of likely N-dealkylation sites (tertiary alicyclic amines) is 1. The molecule has 1 aliphatic heterocycles. The molecule has 0 radical (unpaired) electrons. The van der Waals surface area contributed by atoms with E-state index in [1.54, 1.807) is 12.4 Å². The number of anilines is 1. The smallest absolute Gasteiger partial charge is 0.147 e. The minimum Gasteiger partial charge on any atom is -0.364 e. The molecule has 4 rings (SSSR count). The summed E-state index contributed by atoms with van der Waals surface area (Å²) in [6, 6.07) is 1.23. The Morgan fingerprint density at radius 3 is 3.00 bits per heavy atom. The molecular weight excluding hydrogens is 236 g/mol. The van der Waals surface area contributed by atoms with Gasteiger partial charge in [-0.05, 0) is 31.2 Å². The Morgan fingerprint density at radius 2 is 2.29 bits per heavy atom. The molecule has 1 N–H and O–H groups in total. The van der Waals surface area contributed by atoms with Crippen molar-refractivity contribution in [1.29, 1.82) is 0 Å². The van der Waals surface area contributed by atoms with Gasteiger partial charge < -0.3 is 10.2 Å². The van der Waals surface area contributed by atoms with Crippen molar-refractivity contribution in [3.63, 3.8) is 0 Å². The number of likely N-dealkylation sites (N-methyl/N-ethyl adjacent to an activating group) is 1. The average molecular weight is 251 g/mol. The van der Waals surface area contributed by atoms with Crippen LogP contribution in [-0.4, -0.2) is 40.5 Å². The fraction of sp³-hybridized carbons (Fsp3) is 0.667. The highest BCUT2D eigenvalue weighted by molar-refractivity contribution is 6.29. The highest BCUT2D eigenvalue weighted by atomic mass is 35.5. The van der Waals surface area contributed by atoms with Crippen molar-refractivity contribution in [2.45, 2.75) is 24.9 Å². The summed E-state index contributed by atoms with van der Waals surface area (Å²) in [6.07, 6.45) is 6.03. The lowest BCUT2D eigenvalue weighted by Gasteiger charge is -2.47. The lowest BCUT2D eigenvalue weighted by atomic mass is 9.71. The lowest BCUT2D eigenvalue weighted by Crippen LogP contribution is -2.57. The van der Waals surface area contributed by atoms with Crippen LogP contribution < -0.4 is 5.32 Å². The number of halogens is 1. The van der Waals surface area contributed by atoms with Gasteiger partial charge in [0.2, 0.25) is 0 Å². The van der Waals surface area contributed by atoms with Crippen LogP contribution in [0, 0.1) is 11.3 Å². The average Bonchev–Trinajstić information content (AvgIpc) is 2.91. The second kappa shape index (κ2) is 3.12. The van der Waals surface area contributed by atoms with E-state index in [-0.39, 0.29) is 0 Å². The zero-order valence-electron chi connectivity index (χ0n) is 9.73. The third-order valence-corrected chi connectivity index (χ3v) is 4.98. The van der Waals surface area contributed by atoms with Crippen molar-refractivity contribution >= 4 is 17.4 Å². The Balaban J connectivity index is 1.49. The molecule has 0 amide bonds. The summed E-state index contributed by atoms with van der Waals surface area (Å²) in [6.45, 7) is 1.27. The van der Waals surface area contributed by atoms with E-state index in [4.69, 9.17) is 11.6 Å². The number of hydrogen-bond acceptors (Lipinski definition) is 4. The standard InChI is InChI=1S/C12H15ClN4/c1-17-6-7-2-12(7)3-8(11(12)17)16-10-5-14-9(13)4-15-10/h4-5,7-8,11H,2-3,6H2,1H3,(H,15,16). The molecule has 2 saturated carbocycles. The first-order valence-electron chi connectivity index (χ1n) is 6.13. The molecule has 5 heteroatoms. The predicted octanol–water partition coefficient (Wildman–Crippen LogP) is 1.63. The van der Waals surface area contributed by atoms with Crippen LogP contribution in [-0.2, 0) is 0 Å². The summed E-state index contributed by atoms with van der Waals surface area (Å²) < 4.78 is 0. The molecule has 0 bridgehead atoms. The van der Waals surface area contributed by atoms with E-state index in [2.05, 4.69) is 27.2 Å². The fourth-order valence-electron chi connectivity index (χ4n) is 4.05. The quantitative estimate of drug-likeness (QED) is 0.866. The van der Waals surface area contributed by atoms with Crippen molar-refractivity contribution in [2.75, 3.05) is 18.9 Å². The van der Waals surface area contributed by atoms with Gasteiger partial charge in [-0.15, -0.1) is 0 Å². The van der Waals surface area contributed by atoms with Gasteiger partial charge in [-0.1, -0.05) is 11.6 Å². The highest BCUT2D eigenvalue weighted by Crippen LogP contribution is 2.71. The van der Waals surface area contributed by atoms with Crippen molar-refractivity contribution in [1.82, 2.24) is 14.9 Å². The molecule has 1 aromatic heterocycles. The van der Waals surface area contributed by atoms with Gasteiger partial charge in [0.1, 0.15) is 11.0 Å². The van der Waals surface area contributed by atoms with Crippen LogP contribution in [0.5, 0.6) is 0 Å².